The van der Waals surface area contributed by atoms with Crippen LogP contribution in [0.3, 0.4) is 0 Å². The van der Waals surface area contributed by atoms with Crippen LogP contribution in [0.2, 0.25) is 0 Å². The van der Waals surface area contributed by atoms with Gasteiger partial charge in [0.25, 0.3) is 0 Å². The molecule has 1 aliphatic rings. The Balaban J connectivity index is 1.31. The lowest BCUT2D eigenvalue weighted by molar-refractivity contribution is 0.143. The van der Waals surface area contributed by atoms with E-state index < -0.39 is 6.09 Å². The molecule has 5 nitrogen and oxygen atoms in total. The largest absolute Gasteiger partial charge is 0.495 e. The Morgan fingerprint density at radius 3 is 2.34 bits per heavy atom. The van der Waals surface area contributed by atoms with Gasteiger partial charge in [-0.1, -0.05) is 66.4 Å². The van der Waals surface area contributed by atoms with E-state index in [9.17, 15) is 10.1 Å². The van der Waals surface area contributed by atoms with Gasteiger partial charge in [-0.25, -0.2) is 4.79 Å². The molecule has 0 unspecified atom stereocenters. The summed E-state index contributed by atoms with van der Waals surface area (Å²) in [5.74, 6) is 6.48. The number of nitrogens with zero attached hydrogens (tertiary/aromatic N) is 1. The summed E-state index contributed by atoms with van der Waals surface area (Å²) in [5.41, 5.74) is 5.77. The highest BCUT2D eigenvalue weighted by molar-refractivity contribution is 5.79. The van der Waals surface area contributed by atoms with E-state index in [0.717, 1.165) is 0 Å². The van der Waals surface area contributed by atoms with Crippen molar-refractivity contribution in [3.05, 3.63) is 89.0 Å². The number of benzene rings is 3. The second kappa shape index (κ2) is 9.73. The first kappa shape index (κ1) is 21.0. The third-order valence-corrected chi connectivity index (χ3v) is 5.44. The van der Waals surface area contributed by atoms with Gasteiger partial charge in [0.1, 0.15) is 24.0 Å². The highest BCUT2D eigenvalue weighted by Crippen LogP contribution is 2.44. The van der Waals surface area contributed by atoms with Gasteiger partial charge in [0.05, 0.1) is 7.11 Å². The molecule has 5 heteroatoms. The fourth-order valence-electron chi connectivity index (χ4n) is 3.95. The summed E-state index contributed by atoms with van der Waals surface area (Å²) in [6.45, 7) is 0.635. The van der Waals surface area contributed by atoms with Gasteiger partial charge in [0, 0.05) is 24.4 Å². The lowest BCUT2D eigenvalue weighted by Crippen LogP contribution is -2.26. The summed E-state index contributed by atoms with van der Waals surface area (Å²) in [6, 6.07) is 23.9. The molecule has 0 spiro atoms. The lowest BCUT2D eigenvalue weighted by atomic mass is 9.98. The number of nitrogens with one attached hydrogen (secondary N) is 1. The number of amides is 1. The van der Waals surface area contributed by atoms with Crippen molar-refractivity contribution in [2.45, 2.75) is 12.3 Å². The van der Waals surface area contributed by atoms with E-state index in [1.165, 1.54) is 29.4 Å². The van der Waals surface area contributed by atoms with E-state index in [2.05, 4.69) is 47.5 Å². The summed E-state index contributed by atoms with van der Waals surface area (Å²) < 4.78 is 10.7. The lowest BCUT2D eigenvalue weighted by Gasteiger charge is -2.14. The summed E-state index contributed by atoms with van der Waals surface area (Å²) in [6.07, 6.45) is -0.0283. The Bertz CT molecular complexity index is 1200. The average molecular weight is 422 g/mol. The molecule has 0 aliphatic heterocycles. The first-order valence-electron chi connectivity index (χ1n) is 10.4. The fourth-order valence-corrected chi connectivity index (χ4v) is 3.95. The first-order chi connectivity index (χ1) is 15.7. The van der Waals surface area contributed by atoms with E-state index in [0.29, 0.717) is 29.8 Å². The molecule has 3 aromatic carbocycles. The topological polar surface area (TPSA) is 71.3 Å². The van der Waals surface area contributed by atoms with Crippen molar-refractivity contribution in [3.63, 3.8) is 0 Å². The maximum absolute atomic E-state index is 12.2. The van der Waals surface area contributed by atoms with Crippen LogP contribution in [0, 0.1) is 23.2 Å². The molecule has 0 heterocycles. The van der Waals surface area contributed by atoms with E-state index in [1.807, 2.05) is 24.3 Å². The molecule has 0 atom stereocenters. The summed E-state index contributed by atoms with van der Waals surface area (Å²) in [7, 11) is 1.52. The zero-order valence-corrected chi connectivity index (χ0v) is 17.7. The minimum atomic E-state index is -0.465. The third-order valence-electron chi connectivity index (χ3n) is 5.44. The minimum absolute atomic E-state index is 0.0328. The van der Waals surface area contributed by atoms with Gasteiger partial charge in [-0.15, -0.1) is 0 Å². The number of carbonyl (C=O) groups is 1. The van der Waals surface area contributed by atoms with Gasteiger partial charge in [0.15, 0.2) is 0 Å². The van der Waals surface area contributed by atoms with Gasteiger partial charge < -0.3 is 14.8 Å². The van der Waals surface area contributed by atoms with Crippen LogP contribution < -0.4 is 10.1 Å². The van der Waals surface area contributed by atoms with Crippen LogP contribution in [-0.4, -0.2) is 26.4 Å². The summed E-state index contributed by atoms with van der Waals surface area (Å²) >= 11 is 0. The average Bonchev–Trinajstić information content (AvgIpc) is 3.16. The second-order valence-electron chi connectivity index (χ2n) is 7.30. The van der Waals surface area contributed by atoms with Crippen LogP contribution in [0.25, 0.3) is 11.1 Å². The zero-order chi connectivity index (χ0) is 22.3. The predicted molar refractivity (Wildman–Crippen MR) is 122 cm³/mol. The van der Waals surface area contributed by atoms with Crippen molar-refractivity contribution in [1.29, 1.82) is 5.26 Å². The van der Waals surface area contributed by atoms with Gasteiger partial charge in [-0.05, 0) is 34.4 Å². The standard InChI is InChI=1S/C27H22N2O3/c1-31-26-15-8-10-19(24(26)17-28)9-6-7-16-29-27(30)32-18-25-22-13-4-2-11-20(22)21-12-3-5-14-23(21)25/h2-5,8,10-15,25H,7,16,18H2,1H3,(H,29,30). The molecule has 3 aromatic rings. The van der Waals surface area contributed by atoms with Crippen molar-refractivity contribution in [1.82, 2.24) is 5.32 Å². The van der Waals surface area contributed by atoms with Crippen LogP contribution >= 0.6 is 0 Å². The Morgan fingerprint density at radius 2 is 1.69 bits per heavy atom. The van der Waals surface area contributed by atoms with E-state index >= 15 is 0 Å². The Morgan fingerprint density at radius 1 is 1.00 bits per heavy atom. The van der Waals surface area contributed by atoms with Gasteiger partial charge >= 0.3 is 6.09 Å². The molecule has 0 saturated carbocycles. The van der Waals surface area contributed by atoms with Crippen molar-refractivity contribution in [2.24, 2.45) is 0 Å². The van der Waals surface area contributed by atoms with E-state index in [4.69, 9.17) is 9.47 Å². The number of hydrogen-bond acceptors (Lipinski definition) is 4. The van der Waals surface area contributed by atoms with Gasteiger partial charge in [-0.2, -0.15) is 5.26 Å². The van der Waals surface area contributed by atoms with E-state index in [1.54, 1.807) is 18.2 Å². The number of rotatable bonds is 5. The van der Waals surface area contributed by atoms with Crippen LogP contribution in [0.1, 0.15) is 34.6 Å². The van der Waals surface area contributed by atoms with Crippen molar-refractivity contribution >= 4 is 6.09 Å². The molecule has 4 rings (SSSR count). The molecule has 0 aromatic heterocycles. The molecule has 0 saturated heterocycles. The third kappa shape index (κ3) is 4.29. The SMILES string of the molecule is COc1cccc(C#CCCNC(=O)OCC2c3ccccc3-c3ccccc32)c1C#N. The number of carbonyl (C=O) groups excluding carboxylic acids is 1. The summed E-state index contributed by atoms with van der Waals surface area (Å²) in [5, 5.41) is 12.0. The molecule has 1 aliphatic carbocycles. The van der Waals surface area contributed by atoms with Crippen molar-refractivity contribution < 1.29 is 14.3 Å². The second-order valence-corrected chi connectivity index (χ2v) is 7.30. The molecule has 0 bridgehead atoms. The number of fused-ring (bicyclic) bond motifs is 3. The first-order valence-corrected chi connectivity index (χ1v) is 10.4. The van der Waals surface area contributed by atoms with Crippen molar-refractivity contribution in [2.75, 3.05) is 20.3 Å². The number of nitriles is 1. The Hall–Kier alpha value is -4.22. The summed E-state index contributed by atoms with van der Waals surface area (Å²) in [4.78, 5) is 12.2. The molecule has 32 heavy (non-hydrogen) atoms. The van der Waals surface area contributed by atoms with Crippen LogP contribution in [-0.2, 0) is 4.74 Å². The predicted octanol–water partition coefficient (Wildman–Crippen LogP) is 4.85. The fraction of sp³-hybridized carbons (Fsp3) is 0.185. The monoisotopic (exact) mass is 422 g/mol. The smallest absolute Gasteiger partial charge is 0.407 e. The molecular weight excluding hydrogens is 400 g/mol. The highest BCUT2D eigenvalue weighted by atomic mass is 16.5. The number of hydrogen-bond donors (Lipinski definition) is 1. The molecule has 0 radical (unpaired) electrons. The quantitative estimate of drug-likeness (QED) is 0.471. The maximum atomic E-state index is 12.2. The zero-order valence-electron chi connectivity index (χ0n) is 17.7. The van der Waals surface area contributed by atoms with Gasteiger partial charge in [0.2, 0.25) is 0 Å². The number of alkyl carbamates (subject to hydrolysis) is 1. The Labute approximate surface area is 187 Å². The molecule has 1 N–H and O–H groups in total. The number of methoxy groups -OCH3 is 1. The molecular formula is C27H22N2O3. The minimum Gasteiger partial charge on any atom is -0.495 e. The van der Waals surface area contributed by atoms with Gasteiger partial charge in [-0.3, -0.25) is 0 Å². The molecule has 158 valence electrons. The number of ether oxygens (including phenoxy) is 2. The van der Waals surface area contributed by atoms with Crippen LogP contribution in [0.5, 0.6) is 5.75 Å². The molecule has 1 amide bonds. The van der Waals surface area contributed by atoms with Crippen LogP contribution in [0.15, 0.2) is 66.7 Å². The highest BCUT2D eigenvalue weighted by Gasteiger charge is 2.28. The van der Waals surface area contributed by atoms with E-state index in [-0.39, 0.29) is 12.5 Å². The maximum Gasteiger partial charge on any atom is 0.407 e. The van der Waals surface area contributed by atoms with Crippen molar-refractivity contribution in [3.8, 4) is 34.8 Å². The Kier molecular flexibility index (Phi) is 6.39. The molecule has 0 fully saturated rings. The normalized spacial score (nSPS) is 11.4. The van der Waals surface area contributed by atoms with Crippen LogP contribution in [0.4, 0.5) is 4.79 Å².